The second-order valence-electron chi connectivity index (χ2n) is 7.57. The van der Waals surface area contributed by atoms with Gasteiger partial charge in [-0.1, -0.05) is 33.8 Å². The minimum absolute atomic E-state index is 0.112. The Hall–Kier alpha value is -0.590. The first-order valence-electron chi connectivity index (χ1n) is 7.46. The fourth-order valence-corrected chi connectivity index (χ4v) is 4.16. The Morgan fingerprint density at radius 1 is 1.44 bits per heavy atom. The normalized spacial score (nSPS) is 40.3. The van der Waals surface area contributed by atoms with Gasteiger partial charge < -0.3 is 0 Å². The van der Waals surface area contributed by atoms with Crippen LogP contribution in [0.1, 0.15) is 59.8 Å². The third-order valence-electron chi connectivity index (χ3n) is 6.02. The van der Waals surface area contributed by atoms with E-state index in [4.69, 9.17) is 0 Å². The maximum Gasteiger partial charge on any atom is 0.142 e. The van der Waals surface area contributed by atoms with Crippen LogP contribution in [0.5, 0.6) is 0 Å². The van der Waals surface area contributed by atoms with Crippen molar-refractivity contribution in [2.45, 2.75) is 59.8 Å². The van der Waals surface area contributed by atoms with Crippen molar-refractivity contribution >= 4 is 5.78 Å². The van der Waals surface area contributed by atoms with Crippen molar-refractivity contribution in [1.82, 2.24) is 0 Å². The van der Waals surface area contributed by atoms with Gasteiger partial charge in [0.1, 0.15) is 5.78 Å². The van der Waals surface area contributed by atoms with Crippen molar-refractivity contribution in [2.24, 2.45) is 28.6 Å². The molecule has 0 aliphatic heterocycles. The Morgan fingerprint density at radius 2 is 2.11 bits per heavy atom. The SMILES string of the molecule is C=CCC(C)C1(C)CC2CC(CCC2(C)C)C1=O. The minimum atomic E-state index is -0.112. The standard InChI is InChI=1S/C17H28O/c1-6-7-12(2)17(5)11-14-10-13(15(17)18)8-9-16(14,3)4/h6,12-14H,1,7-11H2,2-5H3. The number of fused-ring (bicyclic) bond motifs is 2. The zero-order valence-corrected chi connectivity index (χ0v) is 12.5. The van der Waals surface area contributed by atoms with Crippen molar-refractivity contribution in [3.05, 3.63) is 12.7 Å². The fourth-order valence-electron chi connectivity index (χ4n) is 4.16. The highest BCUT2D eigenvalue weighted by Crippen LogP contribution is 2.56. The summed E-state index contributed by atoms with van der Waals surface area (Å²) in [6.07, 6.45) is 7.49. The Balaban J connectivity index is 2.27. The van der Waals surface area contributed by atoms with Crippen LogP contribution in [0.25, 0.3) is 0 Å². The summed E-state index contributed by atoms with van der Waals surface area (Å²) in [7, 11) is 0. The maximum absolute atomic E-state index is 12.8. The third-order valence-corrected chi connectivity index (χ3v) is 6.02. The zero-order chi connectivity index (χ0) is 13.6. The van der Waals surface area contributed by atoms with Gasteiger partial charge >= 0.3 is 0 Å². The van der Waals surface area contributed by atoms with Crippen molar-refractivity contribution in [3.8, 4) is 0 Å². The molecule has 0 aromatic carbocycles. The molecule has 2 aliphatic rings. The van der Waals surface area contributed by atoms with Gasteiger partial charge in [0.2, 0.25) is 0 Å². The minimum Gasteiger partial charge on any atom is -0.299 e. The Kier molecular flexibility index (Phi) is 3.46. The van der Waals surface area contributed by atoms with E-state index in [2.05, 4.69) is 34.3 Å². The summed E-state index contributed by atoms with van der Waals surface area (Å²) in [5.41, 5.74) is 0.311. The molecule has 2 saturated carbocycles. The quantitative estimate of drug-likeness (QED) is 0.666. The summed E-state index contributed by atoms with van der Waals surface area (Å²) in [5, 5.41) is 0. The van der Waals surface area contributed by atoms with Gasteiger partial charge in [0, 0.05) is 11.3 Å². The first-order valence-corrected chi connectivity index (χ1v) is 7.46. The van der Waals surface area contributed by atoms with E-state index in [0.29, 0.717) is 23.0 Å². The Bertz CT molecular complexity index is 355. The Morgan fingerprint density at radius 3 is 2.72 bits per heavy atom. The number of allylic oxidation sites excluding steroid dienone is 1. The predicted molar refractivity (Wildman–Crippen MR) is 76.3 cm³/mol. The lowest BCUT2D eigenvalue weighted by Crippen LogP contribution is -2.50. The number of hydrogen-bond donors (Lipinski definition) is 0. The summed E-state index contributed by atoms with van der Waals surface area (Å²) < 4.78 is 0. The molecule has 0 amide bonds. The van der Waals surface area contributed by atoms with Gasteiger partial charge in [-0.15, -0.1) is 6.58 Å². The molecule has 0 radical (unpaired) electrons. The van der Waals surface area contributed by atoms with Crippen molar-refractivity contribution in [1.29, 1.82) is 0 Å². The van der Waals surface area contributed by atoms with Gasteiger partial charge in [-0.05, 0) is 49.4 Å². The van der Waals surface area contributed by atoms with Gasteiger partial charge in [-0.25, -0.2) is 0 Å². The van der Waals surface area contributed by atoms with Crippen LogP contribution in [0, 0.1) is 28.6 Å². The van der Waals surface area contributed by atoms with Gasteiger partial charge in [-0.3, -0.25) is 4.79 Å². The molecule has 4 atom stereocenters. The van der Waals surface area contributed by atoms with Crippen molar-refractivity contribution in [2.75, 3.05) is 0 Å². The molecule has 0 heterocycles. The molecular formula is C17H28O. The lowest BCUT2D eigenvalue weighted by atomic mass is 9.51. The molecule has 102 valence electrons. The molecule has 1 nitrogen and oxygen atoms in total. The molecule has 0 aromatic rings. The largest absolute Gasteiger partial charge is 0.299 e. The van der Waals surface area contributed by atoms with Crippen molar-refractivity contribution < 1.29 is 4.79 Å². The zero-order valence-electron chi connectivity index (χ0n) is 12.5. The van der Waals surface area contributed by atoms with Gasteiger partial charge in [0.25, 0.3) is 0 Å². The number of carbonyl (C=O) groups excluding carboxylic acids is 1. The highest BCUT2D eigenvalue weighted by molar-refractivity contribution is 5.88. The molecule has 0 saturated heterocycles. The maximum atomic E-state index is 12.8. The second kappa shape index (κ2) is 4.51. The van der Waals surface area contributed by atoms with Crippen LogP contribution in [0.2, 0.25) is 0 Å². The number of Topliss-reactive ketones (excluding diaryl/α,β-unsaturated/α-hetero) is 1. The predicted octanol–water partition coefficient (Wildman–Crippen LogP) is 4.62. The molecule has 1 heteroatoms. The van der Waals surface area contributed by atoms with Crippen LogP contribution >= 0.6 is 0 Å². The van der Waals surface area contributed by atoms with Crippen LogP contribution in [0.3, 0.4) is 0 Å². The number of rotatable bonds is 3. The number of hydrogen-bond acceptors (Lipinski definition) is 1. The van der Waals surface area contributed by atoms with Gasteiger partial charge in [0.05, 0.1) is 0 Å². The van der Waals surface area contributed by atoms with Crippen LogP contribution in [0.15, 0.2) is 12.7 Å². The summed E-state index contributed by atoms with van der Waals surface area (Å²) >= 11 is 0. The van der Waals surface area contributed by atoms with Crippen LogP contribution in [0.4, 0.5) is 0 Å². The van der Waals surface area contributed by atoms with E-state index in [-0.39, 0.29) is 5.41 Å². The molecule has 0 N–H and O–H groups in total. The molecule has 2 rings (SSSR count). The second-order valence-corrected chi connectivity index (χ2v) is 7.57. The Labute approximate surface area is 112 Å². The molecule has 2 fully saturated rings. The van der Waals surface area contributed by atoms with E-state index in [1.165, 1.54) is 6.42 Å². The van der Waals surface area contributed by atoms with Crippen LogP contribution in [-0.4, -0.2) is 5.78 Å². The first kappa shape index (κ1) is 13.8. The van der Waals surface area contributed by atoms with Crippen LogP contribution < -0.4 is 0 Å². The van der Waals surface area contributed by atoms with E-state index in [1.54, 1.807) is 0 Å². The highest BCUT2D eigenvalue weighted by Gasteiger charge is 2.52. The van der Waals surface area contributed by atoms with E-state index in [9.17, 15) is 4.79 Å². The van der Waals surface area contributed by atoms with Gasteiger partial charge in [0.15, 0.2) is 0 Å². The summed E-state index contributed by atoms with van der Waals surface area (Å²) in [6.45, 7) is 13.1. The molecule has 4 unspecified atom stereocenters. The first-order chi connectivity index (χ1) is 8.31. The highest BCUT2D eigenvalue weighted by atomic mass is 16.1. The molecule has 2 bridgehead atoms. The smallest absolute Gasteiger partial charge is 0.142 e. The third kappa shape index (κ3) is 2.06. The van der Waals surface area contributed by atoms with E-state index in [1.807, 2.05) is 6.08 Å². The average molecular weight is 248 g/mol. The molecular weight excluding hydrogens is 220 g/mol. The average Bonchev–Trinajstić information content (AvgIpc) is 2.30. The van der Waals surface area contributed by atoms with Gasteiger partial charge in [-0.2, -0.15) is 0 Å². The van der Waals surface area contributed by atoms with Crippen LogP contribution in [-0.2, 0) is 4.79 Å². The monoisotopic (exact) mass is 248 g/mol. The van der Waals surface area contributed by atoms with E-state index in [0.717, 1.165) is 31.6 Å². The number of carbonyl (C=O) groups is 1. The fraction of sp³-hybridized carbons (Fsp3) is 0.824. The topological polar surface area (TPSA) is 17.1 Å². The molecule has 0 aromatic heterocycles. The molecule has 2 aliphatic carbocycles. The summed E-state index contributed by atoms with van der Waals surface area (Å²) in [4.78, 5) is 12.8. The summed E-state index contributed by atoms with van der Waals surface area (Å²) in [6, 6.07) is 0. The van der Waals surface area contributed by atoms with E-state index >= 15 is 0 Å². The molecule has 18 heavy (non-hydrogen) atoms. The summed E-state index contributed by atoms with van der Waals surface area (Å²) in [5.74, 6) is 2.05. The molecule has 0 spiro atoms. The number of ketones is 1. The lowest BCUT2D eigenvalue weighted by molar-refractivity contribution is -0.147. The van der Waals surface area contributed by atoms with E-state index < -0.39 is 0 Å². The lowest BCUT2D eigenvalue weighted by Gasteiger charge is -2.53. The van der Waals surface area contributed by atoms with Crippen molar-refractivity contribution in [3.63, 3.8) is 0 Å².